The molecule has 0 aliphatic carbocycles. The lowest BCUT2D eigenvalue weighted by Gasteiger charge is -2.04. The van der Waals surface area contributed by atoms with E-state index in [1.54, 1.807) is 12.1 Å². The summed E-state index contributed by atoms with van der Waals surface area (Å²) in [6, 6.07) is 21.9. The van der Waals surface area contributed by atoms with Crippen LogP contribution in [0.15, 0.2) is 60.7 Å². The van der Waals surface area contributed by atoms with Crippen molar-refractivity contribution < 1.29 is 4.39 Å². The Bertz CT molecular complexity index is 671. The molecule has 3 rings (SSSR count). The number of rotatable bonds is 1. The van der Waals surface area contributed by atoms with E-state index in [0.717, 1.165) is 16.3 Å². The van der Waals surface area contributed by atoms with Crippen LogP contribution < -0.4 is 0 Å². The maximum absolute atomic E-state index is 13.7. The Morgan fingerprint density at radius 2 is 1.53 bits per heavy atom. The van der Waals surface area contributed by atoms with Crippen molar-refractivity contribution in [3.05, 3.63) is 72.5 Å². The van der Waals surface area contributed by atoms with Crippen LogP contribution in [0.3, 0.4) is 0 Å². The predicted molar refractivity (Wildman–Crippen MR) is 68.2 cm³/mol. The lowest BCUT2D eigenvalue weighted by Crippen LogP contribution is -1.84. The molecule has 0 saturated heterocycles. The quantitative estimate of drug-likeness (QED) is 0.569. The molecule has 0 heterocycles. The average molecular weight is 221 g/mol. The van der Waals surface area contributed by atoms with Crippen LogP contribution in [-0.4, -0.2) is 0 Å². The summed E-state index contributed by atoms with van der Waals surface area (Å²) in [4.78, 5) is 0. The Hall–Kier alpha value is -2.15. The number of hydrogen-bond acceptors (Lipinski definition) is 0. The van der Waals surface area contributed by atoms with Crippen LogP contribution in [0, 0.1) is 11.9 Å². The van der Waals surface area contributed by atoms with Crippen molar-refractivity contribution >= 4 is 10.8 Å². The van der Waals surface area contributed by atoms with E-state index in [4.69, 9.17) is 0 Å². The minimum absolute atomic E-state index is 0.209. The maximum atomic E-state index is 13.7. The summed E-state index contributed by atoms with van der Waals surface area (Å²) in [5, 5.41) is 2.13. The second-order valence-electron chi connectivity index (χ2n) is 3.94. The Labute approximate surface area is 99.3 Å². The van der Waals surface area contributed by atoms with Crippen LogP contribution in [0.4, 0.5) is 4.39 Å². The molecule has 0 aliphatic heterocycles. The highest BCUT2D eigenvalue weighted by Gasteiger charge is 2.04. The topological polar surface area (TPSA) is 0 Å². The van der Waals surface area contributed by atoms with Crippen molar-refractivity contribution in [3.8, 4) is 11.1 Å². The van der Waals surface area contributed by atoms with Crippen molar-refractivity contribution in [2.24, 2.45) is 0 Å². The van der Waals surface area contributed by atoms with Gasteiger partial charge in [0.05, 0.1) is 0 Å². The Morgan fingerprint density at radius 1 is 0.765 bits per heavy atom. The molecular weight excluding hydrogens is 211 g/mol. The van der Waals surface area contributed by atoms with Crippen LogP contribution in [0.5, 0.6) is 0 Å². The van der Waals surface area contributed by atoms with Gasteiger partial charge >= 0.3 is 0 Å². The Kier molecular flexibility index (Phi) is 2.37. The van der Waals surface area contributed by atoms with Crippen molar-refractivity contribution in [1.29, 1.82) is 0 Å². The van der Waals surface area contributed by atoms with Gasteiger partial charge in [-0.1, -0.05) is 54.6 Å². The van der Waals surface area contributed by atoms with Gasteiger partial charge in [-0.3, -0.25) is 0 Å². The zero-order chi connectivity index (χ0) is 11.7. The normalized spacial score (nSPS) is 10.6. The van der Waals surface area contributed by atoms with Gasteiger partial charge in [0.15, 0.2) is 0 Å². The van der Waals surface area contributed by atoms with Gasteiger partial charge < -0.3 is 0 Å². The molecule has 0 N–H and O–H groups in total. The largest absolute Gasteiger partial charge is 0.206 e. The first-order valence-electron chi connectivity index (χ1n) is 5.50. The highest BCUT2D eigenvalue weighted by Crippen LogP contribution is 2.25. The zero-order valence-corrected chi connectivity index (χ0v) is 9.15. The van der Waals surface area contributed by atoms with Gasteiger partial charge in [0.2, 0.25) is 0 Å². The van der Waals surface area contributed by atoms with Gasteiger partial charge in [0.1, 0.15) is 5.82 Å². The third-order valence-corrected chi connectivity index (χ3v) is 2.82. The molecule has 0 atom stereocenters. The molecule has 1 heteroatoms. The summed E-state index contributed by atoms with van der Waals surface area (Å²) in [5.74, 6) is -0.209. The molecular formula is C16H10F. The number of halogens is 1. The number of hydrogen-bond donors (Lipinski definition) is 0. The highest BCUT2D eigenvalue weighted by molar-refractivity contribution is 5.86. The van der Waals surface area contributed by atoms with Gasteiger partial charge in [-0.05, 0) is 28.5 Å². The van der Waals surface area contributed by atoms with Crippen LogP contribution in [-0.2, 0) is 0 Å². The fraction of sp³-hybridized carbons (Fsp3) is 0. The molecule has 81 valence electrons. The molecule has 3 aromatic carbocycles. The van der Waals surface area contributed by atoms with Crippen molar-refractivity contribution in [1.82, 2.24) is 0 Å². The molecule has 3 aromatic rings. The SMILES string of the molecule is Fc1ccccc1-c1[c]c2ccccc2cc1. The van der Waals surface area contributed by atoms with E-state index in [1.165, 1.54) is 6.07 Å². The van der Waals surface area contributed by atoms with E-state index in [9.17, 15) is 4.39 Å². The predicted octanol–water partition coefficient (Wildman–Crippen LogP) is 4.45. The van der Waals surface area contributed by atoms with Crippen molar-refractivity contribution in [2.45, 2.75) is 0 Å². The van der Waals surface area contributed by atoms with Gasteiger partial charge in [-0.2, -0.15) is 0 Å². The summed E-state index contributed by atoms with van der Waals surface area (Å²) in [7, 11) is 0. The molecule has 0 fully saturated rings. The number of benzene rings is 3. The summed E-state index contributed by atoms with van der Waals surface area (Å²) >= 11 is 0. The molecule has 0 bridgehead atoms. The molecule has 0 nitrogen and oxygen atoms in total. The summed E-state index contributed by atoms with van der Waals surface area (Å²) < 4.78 is 13.7. The highest BCUT2D eigenvalue weighted by atomic mass is 19.1. The van der Waals surface area contributed by atoms with E-state index in [1.807, 2.05) is 42.5 Å². The summed E-state index contributed by atoms with van der Waals surface area (Å²) in [6.45, 7) is 0. The van der Waals surface area contributed by atoms with E-state index >= 15 is 0 Å². The van der Waals surface area contributed by atoms with Crippen LogP contribution in [0.1, 0.15) is 0 Å². The van der Waals surface area contributed by atoms with Crippen molar-refractivity contribution in [2.75, 3.05) is 0 Å². The van der Waals surface area contributed by atoms with E-state index < -0.39 is 0 Å². The molecule has 0 saturated carbocycles. The molecule has 1 radical (unpaired) electrons. The van der Waals surface area contributed by atoms with Gasteiger partial charge in [0, 0.05) is 5.56 Å². The minimum atomic E-state index is -0.209. The lowest BCUT2D eigenvalue weighted by molar-refractivity contribution is 0.631. The van der Waals surface area contributed by atoms with Crippen molar-refractivity contribution in [3.63, 3.8) is 0 Å². The first-order chi connectivity index (χ1) is 8.34. The second-order valence-corrected chi connectivity index (χ2v) is 3.94. The van der Waals surface area contributed by atoms with E-state index in [0.29, 0.717) is 5.56 Å². The van der Waals surface area contributed by atoms with Crippen LogP contribution in [0.2, 0.25) is 0 Å². The van der Waals surface area contributed by atoms with E-state index in [-0.39, 0.29) is 5.82 Å². The number of fused-ring (bicyclic) bond motifs is 1. The average Bonchev–Trinajstić information content (AvgIpc) is 2.39. The molecule has 0 aliphatic rings. The first kappa shape index (κ1) is 10.0. The van der Waals surface area contributed by atoms with Crippen LogP contribution in [0.25, 0.3) is 21.9 Å². The fourth-order valence-corrected chi connectivity index (χ4v) is 1.95. The van der Waals surface area contributed by atoms with Crippen LogP contribution >= 0.6 is 0 Å². The van der Waals surface area contributed by atoms with Gasteiger partial charge in [0.25, 0.3) is 0 Å². The molecule has 0 unspecified atom stereocenters. The Balaban J connectivity index is 2.22. The third kappa shape index (κ3) is 1.80. The minimum Gasteiger partial charge on any atom is -0.206 e. The first-order valence-corrected chi connectivity index (χ1v) is 5.50. The van der Waals surface area contributed by atoms with E-state index in [2.05, 4.69) is 6.07 Å². The maximum Gasteiger partial charge on any atom is 0.131 e. The molecule has 0 amide bonds. The fourth-order valence-electron chi connectivity index (χ4n) is 1.95. The van der Waals surface area contributed by atoms with Gasteiger partial charge in [-0.15, -0.1) is 0 Å². The molecule has 0 aromatic heterocycles. The molecule has 0 spiro atoms. The lowest BCUT2D eigenvalue weighted by atomic mass is 10.0. The second kappa shape index (κ2) is 4.02. The zero-order valence-electron chi connectivity index (χ0n) is 9.15. The molecule has 17 heavy (non-hydrogen) atoms. The standard InChI is InChI=1S/C16H10F/c17-16-8-4-3-7-15(16)14-10-9-12-5-1-2-6-13(12)11-14/h1-10H. The smallest absolute Gasteiger partial charge is 0.131 e. The summed E-state index contributed by atoms with van der Waals surface area (Å²) in [6.07, 6.45) is 0. The third-order valence-electron chi connectivity index (χ3n) is 2.82. The summed E-state index contributed by atoms with van der Waals surface area (Å²) in [5.41, 5.74) is 1.39. The van der Waals surface area contributed by atoms with Gasteiger partial charge in [-0.25, -0.2) is 4.39 Å². The Morgan fingerprint density at radius 3 is 2.41 bits per heavy atom. The monoisotopic (exact) mass is 221 g/mol.